The molecule has 0 radical (unpaired) electrons. The van der Waals surface area contributed by atoms with E-state index in [1.165, 1.54) is 11.6 Å². The van der Waals surface area contributed by atoms with Crippen molar-refractivity contribution in [3.8, 4) is 11.3 Å². The van der Waals surface area contributed by atoms with E-state index in [9.17, 15) is 9.18 Å². The van der Waals surface area contributed by atoms with Crippen molar-refractivity contribution in [2.45, 2.75) is 44.1 Å². The van der Waals surface area contributed by atoms with Crippen LogP contribution in [-0.2, 0) is 4.79 Å². The summed E-state index contributed by atoms with van der Waals surface area (Å²) in [5.41, 5.74) is 4.65. The van der Waals surface area contributed by atoms with Crippen LogP contribution in [0.25, 0.3) is 16.9 Å². The quantitative estimate of drug-likeness (QED) is 0.463. The molecular formula is C25H23FN4O. The van der Waals surface area contributed by atoms with Crippen molar-refractivity contribution < 1.29 is 9.18 Å². The van der Waals surface area contributed by atoms with Crippen molar-refractivity contribution in [2.75, 3.05) is 0 Å². The van der Waals surface area contributed by atoms with Gasteiger partial charge in [0.25, 0.3) is 0 Å². The summed E-state index contributed by atoms with van der Waals surface area (Å²) in [6.45, 7) is 0. The highest BCUT2D eigenvalue weighted by atomic mass is 19.1. The van der Waals surface area contributed by atoms with Gasteiger partial charge >= 0.3 is 0 Å². The van der Waals surface area contributed by atoms with Crippen molar-refractivity contribution in [1.82, 2.24) is 18.9 Å². The second-order valence-electron chi connectivity index (χ2n) is 8.78. The minimum atomic E-state index is -0.289. The standard InChI is InChI=1S/C25H23FN4O/c26-20-3-1-2-19-22-13-27-15-30(22)21(25(19)20)12-23(31)17-6-4-16(5-7-17)18-8-9-24-28-10-11-29(24)14-18/h1-3,8-11,13-17,21H,4-7,12H2. The van der Waals surface area contributed by atoms with Crippen molar-refractivity contribution in [3.63, 3.8) is 0 Å². The summed E-state index contributed by atoms with van der Waals surface area (Å²) >= 11 is 0. The van der Waals surface area contributed by atoms with Gasteiger partial charge in [-0.05, 0) is 49.3 Å². The lowest BCUT2D eigenvalue weighted by atomic mass is 9.76. The SMILES string of the molecule is O=C(CC1c2c(F)cccc2-c2cncn21)C1CCC(c2ccc3nccn3c2)CC1. The molecule has 0 N–H and O–H groups in total. The van der Waals surface area contributed by atoms with Crippen LogP contribution >= 0.6 is 0 Å². The Bertz CT molecular complexity index is 1280. The number of ketones is 1. The van der Waals surface area contributed by atoms with Gasteiger partial charge in [0, 0.05) is 42.1 Å². The number of pyridine rings is 1. The molecule has 4 aromatic rings. The number of hydrogen-bond donors (Lipinski definition) is 0. The monoisotopic (exact) mass is 414 g/mol. The average molecular weight is 414 g/mol. The molecule has 1 atom stereocenters. The van der Waals surface area contributed by atoms with E-state index in [0.29, 0.717) is 17.9 Å². The van der Waals surface area contributed by atoms with Gasteiger partial charge < -0.3 is 8.97 Å². The van der Waals surface area contributed by atoms with Crippen molar-refractivity contribution >= 4 is 11.4 Å². The summed E-state index contributed by atoms with van der Waals surface area (Å²) in [6, 6.07) is 9.05. The van der Waals surface area contributed by atoms with Gasteiger partial charge in [-0.15, -0.1) is 0 Å². The molecule has 1 saturated carbocycles. The number of imidazole rings is 2. The van der Waals surface area contributed by atoms with E-state index in [1.807, 2.05) is 23.0 Å². The zero-order chi connectivity index (χ0) is 20.9. The van der Waals surface area contributed by atoms with Crippen LogP contribution in [0.1, 0.15) is 55.2 Å². The Morgan fingerprint density at radius 3 is 2.87 bits per heavy atom. The molecule has 1 unspecified atom stereocenters. The van der Waals surface area contributed by atoms with Gasteiger partial charge in [0.1, 0.15) is 17.2 Å². The second-order valence-corrected chi connectivity index (χ2v) is 8.78. The molecule has 1 aliphatic carbocycles. The Labute approximate surface area is 179 Å². The lowest BCUT2D eigenvalue weighted by Crippen LogP contribution is -2.24. The highest BCUT2D eigenvalue weighted by Crippen LogP contribution is 2.44. The molecule has 0 spiro atoms. The van der Waals surface area contributed by atoms with Gasteiger partial charge in [-0.3, -0.25) is 4.79 Å². The number of nitrogens with zero attached hydrogens (tertiary/aromatic N) is 4. The number of halogens is 1. The first kappa shape index (κ1) is 18.5. The summed E-state index contributed by atoms with van der Waals surface area (Å²) in [5, 5.41) is 0. The third-order valence-electron chi connectivity index (χ3n) is 7.12. The highest BCUT2D eigenvalue weighted by Gasteiger charge is 2.35. The summed E-state index contributed by atoms with van der Waals surface area (Å²) in [4.78, 5) is 21.8. The Balaban J connectivity index is 1.17. The van der Waals surface area contributed by atoms with Crippen molar-refractivity contribution in [1.29, 1.82) is 0 Å². The Morgan fingerprint density at radius 1 is 1.13 bits per heavy atom. The number of Topliss-reactive ketones (excluding diaryl/α,β-unsaturated/α-hetero) is 1. The van der Waals surface area contributed by atoms with Crippen molar-refractivity contribution in [2.24, 2.45) is 5.92 Å². The fourth-order valence-corrected chi connectivity index (χ4v) is 5.48. The number of hydrogen-bond acceptors (Lipinski definition) is 3. The maximum absolute atomic E-state index is 14.7. The number of benzene rings is 1. The van der Waals surface area contributed by atoms with E-state index in [4.69, 9.17) is 0 Å². The molecular weight excluding hydrogens is 391 g/mol. The maximum Gasteiger partial charge on any atom is 0.138 e. The van der Waals surface area contributed by atoms with Gasteiger partial charge in [-0.1, -0.05) is 18.2 Å². The lowest BCUT2D eigenvalue weighted by molar-refractivity contribution is -0.124. The Morgan fingerprint density at radius 2 is 2.00 bits per heavy atom. The summed E-state index contributed by atoms with van der Waals surface area (Å²) < 4.78 is 18.7. The molecule has 5 nitrogen and oxygen atoms in total. The Kier molecular flexibility index (Phi) is 4.26. The first-order chi connectivity index (χ1) is 15.2. The number of rotatable bonds is 4. The molecule has 3 aromatic heterocycles. The van der Waals surface area contributed by atoms with Gasteiger partial charge in [0.15, 0.2) is 0 Å². The van der Waals surface area contributed by atoms with Crippen LogP contribution in [0.15, 0.2) is 61.4 Å². The summed E-state index contributed by atoms with van der Waals surface area (Å²) in [5.74, 6) is 0.527. The normalized spacial score (nSPS) is 22.4. The minimum Gasteiger partial charge on any atom is -0.322 e. The molecule has 2 aliphatic rings. The highest BCUT2D eigenvalue weighted by molar-refractivity contribution is 5.83. The fraction of sp³-hybridized carbons (Fsp3) is 0.320. The Hall–Kier alpha value is -3.28. The smallest absolute Gasteiger partial charge is 0.138 e. The van der Waals surface area contributed by atoms with Crippen LogP contribution in [0.3, 0.4) is 0 Å². The van der Waals surface area contributed by atoms with Crippen LogP contribution < -0.4 is 0 Å². The molecule has 6 heteroatoms. The van der Waals surface area contributed by atoms with Gasteiger partial charge in [0.05, 0.1) is 24.3 Å². The predicted molar refractivity (Wildman–Crippen MR) is 115 cm³/mol. The topological polar surface area (TPSA) is 52.2 Å². The number of aromatic nitrogens is 4. The summed E-state index contributed by atoms with van der Waals surface area (Å²) in [7, 11) is 0. The molecule has 4 heterocycles. The van der Waals surface area contributed by atoms with Crippen molar-refractivity contribution in [3.05, 3.63) is 78.4 Å². The van der Waals surface area contributed by atoms with E-state index in [0.717, 1.165) is 42.6 Å². The van der Waals surface area contributed by atoms with E-state index in [-0.39, 0.29) is 23.6 Å². The van der Waals surface area contributed by atoms with E-state index >= 15 is 0 Å². The predicted octanol–water partition coefficient (Wildman–Crippen LogP) is 5.17. The first-order valence-corrected chi connectivity index (χ1v) is 10.9. The molecule has 6 rings (SSSR count). The average Bonchev–Trinajstić information content (AvgIpc) is 3.51. The largest absolute Gasteiger partial charge is 0.322 e. The van der Waals surface area contributed by atoms with E-state index in [1.54, 1.807) is 18.6 Å². The number of fused-ring (bicyclic) bond motifs is 4. The van der Waals surface area contributed by atoms with E-state index in [2.05, 4.69) is 32.7 Å². The zero-order valence-corrected chi connectivity index (χ0v) is 17.1. The van der Waals surface area contributed by atoms with Crippen LogP contribution in [0, 0.1) is 11.7 Å². The van der Waals surface area contributed by atoms with Gasteiger partial charge in [0.2, 0.25) is 0 Å². The fourth-order valence-electron chi connectivity index (χ4n) is 5.48. The van der Waals surface area contributed by atoms with Gasteiger partial charge in [-0.25, -0.2) is 14.4 Å². The second kappa shape index (κ2) is 7.15. The van der Waals surface area contributed by atoms with E-state index < -0.39 is 0 Å². The molecule has 0 amide bonds. The lowest BCUT2D eigenvalue weighted by Gasteiger charge is -2.29. The van der Waals surface area contributed by atoms with Crippen LogP contribution in [-0.4, -0.2) is 24.7 Å². The molecule has 1 aromatic carbocycles. The first-order valence-electron chi connectivity index (χ1n) is 10.9. The number of carbonyl (C=O) groups is 1. The minimum absolute atomic E-state index is 0.0519. The molecule has 1 fully saturated rings. The zero-order valence-electron chi connectivity index (χ0n) is 17.1. The summed E-state index contributed by atoms with van der Waals surface area (Å²) in [6.07, 6.45) is 13.5. The maximum atomic E-state index is 14.7. The van der Waals surface area contributed by atoms with Crippen LogP contribution in [0.2, 0.25) is 0 Å². The van der Waals surface area contributed by atoms with Crippen LogP contribution in [0.4, 0.5) is 4.39 Å². The number of carbonyl (C=O) groups excluding carboxylic acids is 1. The molecule has 1 aliphatic heterocycles. The molecule has 156 valence electrons. The molecule has 31 heavy (non-hydrogen) atoms. The van der Waals surface area contributed by atoms with Crippen LogP contribution in [0.5, 0.6) is 0 Å². The molecule has 0 bridgehead atoms. The third-order valence-corrected chi connectivity index (χ3v) is 7.12. The third kappa shape index (κ3) is 3.00. The molecule has 0 saturated heterocycles. The van der Waals surface area contributed by atoms with Gasteiger partial charge in [-0.2, -0.15) is 0 Å².